The van der Waals surface area contributed by atoms with Crippen molar-refractivity contribution in [2.75, 3.05) is 6.61 Å². The summed E-state index contributed by atoms with van der Waals surface area (Å²) in [6, 6.07) is 0.874. The molecule has 0 fully saturated rings. The highest BCUT2D eigenvalue weighted by Crippen LogP contribution is 2.37. The second-order valence-corrected chi connectivity index (χ2v) is 3.94. The topological polar surface area (TPSA) is 60.8 Å². The van der Waals surface area contributed by atoms with Crippen LogP contribution in [0.1, 0.15) is 24.3 Å². The lowest BCUT2D eigenvalue weighted by atomic mass is 10.0. The highest BCUT2D eigenvalue weighted by molar-refractivity contribution is 5.80. The predicted octanol–water partition coefficient (Wildman–Crippen LogP) is 2.13. The van der Waals surface area contributed by atoms with Gasteiger partial charge < -0.3 is 9.47 Å². The molecule has 0 aliphatic carbocycles. The van der Waals surface area contributed by atoms with E-state index < -0.39 is 29.9 Å². The molecule has 1 aromatic heterocycles. The largest absolute Gasteiger partial charge is 0.471 e. The van der Waals surface area contributed by atoms with Crippen LogP contribution < -0.4 is 0 Å². The predicted molar refractivity (Wildman–Crippen MR) is 62.0 cm³/mol. The Bertz CT molecular complexity index is 531. The van der Waals surface area contributed by atoms with Crippen LogP contribution in [-0.4, -0.2) is 30.0 Å². The van der Waals surface area contributed by atoms with Crippen molar-refractivity contribution in [1.29, 1.82) is 0 Å². The third-order valence-corrected chi connectivity index (χ3v) is 2.66. The number of carbonyl (C=O) groups is 1. The molecule has 2 rings (SSSR count). The molecule has 8 heteroatoms. The normalized spacial score (nSPS) is 21.6. The number of pyridine rings is 1. The van der Waals surface area contributed by atoms with Gasteiger partial charge in [0.1, 0.15) is 0 Å². The summed E-state index contributed by atoms with van der Waals surface area (Å²) in [5.74, 6) is -0.745. The second kappa shape index (κ2) is 5.48. The van der Waals surface area contributed by atoms with Crippen molar-refractivity contribution in [3.8, 4) is 0 Å². The van der Waals surface area contributed by atoms with Gasteiger partial charge >= 0.3 is 12.1 Å². The van der Waals surface area contributed by atoms with Crippen LogP contribution in [0, 0.1) is 0 Å². The van der Waals surface area contributed by atoms with E-state index in [9.17, 15) is 18.0 Å². The zero-order chi connectivity index (χ0) is 14.8. The number of rotatable bonds is 3. The summed E-state index contributed by atoms with van der Waals surface area (Å²) < 4.78 is 48.5. The van der Waals surface area contributed by atoms with E-state index >= 15 is 0 Å². The number of aliphatic imine (C=N–C) groups is 1. The molecule has 2 atom stereocenters. The molecule has 0 spiro atoms. The molecule has 0 N–H and O–H groups in total. The van der Waals surface area contributed by atoms with Crippen molar-refractivity contribution < 1.29 is 27.4 Å². The van der Waals surface area contributed by atoms with E-state index in [4.69, 9.17) is 9.47 Å². The molecule has 0 saturated carbocycles. The van der Waals surface area contributed by atoms with Gasteiger partial charge in [-0.2, -0.15) is 13.2 Å². The van der Waals surface area contributed by atoms with Crippen LogP contribution in [0.5, 0.6) is 0 Å². The van der Waals surface area contributed by atoms with Crippen molar-refractivity contribution in [2.45, 2.75) is 25.2 Å². The van der Waals surface area contributed by atoms with Gasteiger partial charge in [-0.25, -0.2) is 9.79 Å². The van der Waals surface area contributed by atoms with E-state index in [2.05, 4.69) is 9.98 Å². The first-order chi connectivity index (χ1) is 9.45. The van der Waals surface area contributed by atoms with E-state index in [1.807, 2.05) is 0 Å². The third-order valence-electron chi connectivity index (χ3n) is 2.66. The van der Waals surface area contributed by atoms with Crippen LogP contribution in [0.3, 0.4) is 0 Å². The van der Waals surface area contributed by atoms with Crippen LogP contribution in [0.4, 0.5) is 13.2 Å². The van der Waals surface area contributed by atoms with Crippen LogP contribution in [-0.2, 0) is 20.4 Å². The molecular formula is C12H11F3N2O3. The summed E-state index contributed by atoms with van der Waals surface area (Å²) in [4.78, 5) is 19.1. The van der Waals surface area contributed by atoms with Crippen molar-refractivity contribution in [3.63, 3.8) is 0 Å². The molecule has 0 bridgehead atoms. The number of nitrogens with zero attached hydrogens (tertiary/aromatic N) is 2. The van der Waals surface area contributed by atoms with Crippen molar-refractivity contribution >= 4 is 12.4 Å². The number of carbonyl (C=O) groups excluding carboxylic acids is 1. The summed E-state index contributed by atoms with van der Waals surface area (Å²) in [6.45, 7) is 1.69. The van der Waals surface area contributed by atoms with Gasteiger partial charge in [0, 0.05) is 6.20 Å². The Morgan fingerprint density at radius 2 is 2.25 bits per heavy atom. The fourth-order valence-electron chi connectivity index (χ4n) is 1.83. The molecule has 0 unspecified atom stereocenters. The Labute approximate surface area is 112 Å². The van der Waals surface area contributed by atoms with Gasteiger partial charge in [0.15, 0.2) is 18.5 Å². The zero-order valence-electron chi connectivity index (χ0n) is 10.4. The highest BCUT2D eigenvalue weighted by Gasteiger charge is 2.43. The Hall–Kier alpha value is -2.12. The maximum Gasteiger partial charge on any atom is 0.418 e. The molecule has 108 valence electrons. The minimum Gasteiger partial charge on any atom is -0.471 e. The van der Waals surface area contributed by atoms with Gasteiger partial charge in [-0.05, 0) is 19.1 Å². The summed E-state index contributed by atoms with van der Waals surface area (Å²) in [6.07, 6.45) is -3.67. The Kier molecular flexibility index (Phi) is 3.91. The van der Waals surface area contributed by atoms with Crippen molar-refractivity contribution in [1.82, 2.24) is 4.98 Å². The van der Waals surface area contributed by atoms with Crippen LogP contribution >= 0.6 is 0 Å². The van der Waals surface area contributed by atoms with Gasteiger partial charge in [-0.1, -0.05) is 0 Å². The molecule has 0 amide bonds. The van der Waals surface area contributed by atoms with E-state index in [1.165, 1.54) is 12.3 Å². The van der Waals surface area contributed by atoms with Gasteiger partial charge in [0.25, 0.3) is 0 Å². The van der Waals surface area contributed by atoms with E-state index in [0.717, 1.165) is 12.5 Å². The molecule has 0 radical (unpaired) electrons. The van der Waals surface area contributed by atoms with Gasteiger partial charge in [0.05, 0.1) is 17.9 Å². The lowest BCUT2D eigenvalue weighted by Gasteiger charge is -2.19. The van der Waals surface area contributed by atoms with Crippen molar-refractivity contribution in [3.05, 3.63) is 29.6 Å². The van der Waals surface area contributed by atoms with Crippen LogP contribution in [0.25, 0.3) is 0 Å². The average Bonchev–Trinajstić information content (AvgIpc) is 2.87. The number of halogens is 3. The highest BCUT2D eigenvalue weighted by atomic mass is 19.4. The number of hydrogen-bond acceptors (Lipinski definition) is 5. The lowest BCUT2D eigenvalue weighted by Crippen LogP contribution is -2.28. The van der Waals surface area contributed by atoms with Crippen LogP contribution in [0.2, 0.25) is 0 Å². The Morgan fingerprint density at radius 1 is 1.50 bits per heavy atom. The first-order valence-corrected chi connectivity index (χ1v) is 5.81. The number of hydrogen-bond donors (Lipinski definition) is 0. The SMILES string of the molecule is CCOC(=O)[C@H]1N=CO[C@H]1c1ncccc1C(F)(F)F. The quantitative estimate of drug-likeness (QED) is 0.799. The maximum absolute atomic E-state index is 12.9. The fraction of sp³-hybridized carbons (Fsp3) is 0.417. The molecule has 0 saturated heterocycles. The second-order valence-electron chi connectivity index (χ2n) is 3.94. The minimum atomic E-state index is -4.59. The molecular weight excluding hydrogens is 277 g/mol. The summed E-state index contributed by atoms with van der Waals surface area (Å²) in [7, 11) is 0. The van der Waals surface area contributed by atoms with E-state index in [1.54, 1.807) is 6.92 Å². The van der Waals surface area contributed by atoms with Gasteiger partial charge in [-0.3, -0.25) is 4.98 Å². The van der Waals surface area contributed by atoms with E-state index in [-0.39, 0.29) is 12.3 Å². The fourth-order valence-corrected chi connectivity index (χ4v) is 1.83. The molecule has 0 aromatic carbocycles. The number of aromatic nitrogens is 1. The molecule has 20 heavy (non-hydrogen) atoms. The number of ether oxygens (including phenoxy) is 2. The molecule has 1 aliphatic heterocycles. The monoisotopic (exact) mass is 288 g/mol. The van der Waals surface area contributed by atoms with Gasteiger partial charge in [-0.15, -0.1) is 0 Å². The van der Waals surface area contributed by atoms with Gasteiger partial charge in [0.2, 0.25) is 0 Å². The van der Waals surface area contributed by atoms with E-state index in [0.29, 0.717) is 0 Å². The first kappa shape index (κ1) is 14.3. The third kappa shape index (κ3) is 2.73. The maximum atomic E-state index is 12.9. The molecule has 1 aliphatic rings. The standard InChI is InChI=1S/C12H11F3N2O3/c1-2-19-11(18)9-10(20-6-17-9)8-7(12(13,14)15)4-3-5-16-8/h3-6,9-10H,2H2,1H3/t9-,10-/m0/s1. The van der Waals surface area contributed by atoms with Crippen LogP contribution in [0.15, 0.2) is 23.3 Å². The number of esters is 1. The summed E-state index contributed by atoms with van der Waals surface area (Å²) in [5, 5.41) is 0. The first-order valence-electron chi connectivity index (χ1n) is 5.81. The summed E-state index contributed by atoms with van der Waals surface area (Å²) >= 11 is 0. The number of alkyl halides is 3. The lowest BCUT2D eigenvalue weighted by molar-refractivity contribution is -0.148. The summed E-state index contributed by atoms with van der Waals surface area (Å²) in [5.41, 5.74) is -1.33. The minimum absolute atomic E-state index is 0.103. The Morgan fingerprint density at radius 3 is 2.90 bits per heavy atom. The average molecular weight is 288 g/mol. The molecule has 1 aromatic rings. The Balaban J connectivity index is 2.34. The van der Waals surface area contributed by atoms with Crippen molar-refractivity contribution in [2.24, 2.45) is 4.99 Å². The molecule has 5 nitrogen and oxygen atoms in total. The molecule has 2 heterocycles. The smallest absolute Gasteiger partial charge is 0.418 e. The zero-order valence-corrected chi connectivity index (χ0v) is 10.4.